The van der Waals surface area contributed by atoms with Crippen molar-refractivity contribution in [2.45, 2.75) is 44.2 Å². The van der Waals surface area contributed by atoms with Gasteiger partial charge >= 0.3 is 0 Å². The Labute approximate surface area is 116 Å². The first-order valence-corrected chi connectivity index (χ1v) is 7.85. The molecule has 1 heterocycles. The molecule has 1 atom stereocenters. The molecule has 1 saturated heterocycles. The molecule has 0 amide bonds. The topological polar surface area (TPSA) is 33.7 Å². The zero-order chi connectivity index (χ0) is 13.1. The van der Waals surface area contributed by atoms with Crippen LogP contribution < -0.4 is 5.32 Å². The Morgan fingerprint density at radius 2 is 2.16 bits per heavy atom. The smallest absolute Gasteiger partial charge is 0.0589 e. The molecule has 0 aromatic heterocycles. The molecular weight excluding hydrogens is 240 g/mol. The van der Waals surface area contributed by atoms with Gasteiger partial charge in [-0.3, -0.25) is 4.90 Å². The Bertz CT molecular complexity index is 284. The molecule has 1 aliphatic heterocycles. The van der Waals surface area contributed by atoms with Crippen molar-refractivity contribution < 1.29 is 9.47 Å². The standard InChI is InChI=1S/C15H28N2O2/c1-18-9-7-17(14-4-5-14)11-15(6-8-19-12-15)10-16-13-2-3-13/h13-14,16H,2-12H2,1H3. The highest BCUT2D eigenvalue weighted by Gasteiger charge is 2.41. The van der Waals surface area contributed by atoms with E-state index < -0.39 is 0 Å². The number of hydrogen-bond acceptors (Lipinski definition) is 4. The minimum atomic E-state index is 0.346. The summed E-state index contributed by atoms with van der Waals surface area (Å²) in [7, 11) is 1.80. The third kappa shape index (κ3) is 3.91. The Hall–Kier alpha value is -0.160. The van der Waals surface area contributed by atoms with Gasteiger partial charge < -0.3 is 14.8 Å². The molecule has 4 nitrogen and oxygen atoms in total. The van der Waals surface area contributed by atoms with Crippen molar-refractivity contribution in [3.8, 4) is 0 Å². The summed E-state index contributed by atoms with van der Waals surface area (Å²) in [6.45, 7) is 6.11. The van der Waals surface area contributed by atoms with Gasteiger partial charge in [0.1, 0.15) is 0 Å². The number of rotatable bonds is 9. The van der Waals surface area contributed by atoms with Gasteiger partial charge in [0.15, 0.2) is 0 Å². The monoisotopic (exact) mass is 268 g/mol. The second kappa shape index (κ2) is 6.08. The molecular formula is C15H28N2O2. The van der Waals surface area contributed by atoms with Crippen LogP contribution in [0.5, 0.6) is 0 Å². The Balaban J connectivity index is 1.54. The molecule has 4 heteroatoms. The third-order valence-electron chi connectivity index (χ3n) is 4.71. The largest absolute Gasteiger partial charge is 0.383 e. The van der Waals surface area contributed by atoms with E-state index in [0.717, 1.165) is 45.0 Å². The first-order chi connectivity index (χ1) is 9.31. The van der Waals surface area contributed by atoms with Gasteiger partial charge in [-0.15, -0.1) is 0 Å². The van der Waals surface area contributed by atoms with Crippen LogP contribution in [0, 0.1) is 5.41 Å². The number of nitrogens with one attached hydrogen (secondary N) is 1. The van der Waals surface area contributed by atoms with E-state index >= 15 is 0 Å². The highest BCUT2D eigenvalue weighted by molar-refractivity contribution is 4.95. The molecule has 19 heavy (non-hydrogen) atoms. The van der Waals surface area contributed by atoms with Crippen molar-refractivity contribution in [2.24, 2.45) is 5.41 Å². The molecule has 3 fully saturated rings. The molecule has 2 saturated carbocycles. The molecule has 1 unspecified atom stereocenters. The van der Waals surface area contributed by atoms with Gasteiger partial charge in [0, 0.05) is 50.8 Å². The van der Waals surface area contributed by atoms with Gasteiger partial charge in [0.25, 0.3) is 0 Å². The molecule has 2 aliphatic carbocycles. The Morgan fingerprint density at radius 3 is 2.74 bits per heavy atom. The summed E-state index contributed by atoms with van der Waals surface area (Å²) in [6.07, 6.45) is 6.69. The Morgan fingerprint density at radius 1 is 1.32 bits per heavy atom. The van der Waals surface area contributed by atoms with Crippen LogP contribution in [-0.2, 0) is 9.47 Å². The lowest BCUT2D eigenvalue weighted by Gasteiger charge is -2.34. The molecule has 110 valence electrons. The molecule has 0 aromatic carbocycles. The van der Waals surface area contributed by atoms with Crippen molar-refractivity contribution in [1.29, 1.82) is 0 Å². The van der Waals surface area contributed by atoms with Crippen molar-refractivity contribution in [3.05, 3.63) is 0 Å². The van der Waals surface area contributed by atoms with Crippen LogP contribution in [0.3, 0.4) is 0 Å². The lowest BCUT2D eigenvalue weighted by Crippen LogP contribution is -2.46. The van der Waals surface area contributed by atoms with E-state index in [-0.39, 0.29) is 0 Å². The van der Waals surface area contributed by atoms with Crippen LogP contribution in [0.2, 0.25) is 0 Å². The minimum Gasteiger partial charge on any atom is -0.383 e. The SMILES string of the molecule is COCCN(CC1(CNC2CC2)CCOC1)C1CC1. The summed E-state index contributed by atoms with van der Waals surface area (Å²) in [5.41, 5.74) is 0.346. The van der Waals surface area contributed by atoms with Crippen molar-refractivity contribution in [3.63, 3.8) is 0 Å². The highest BCUT2D eigenvalue weighted by atomic mass is 16.5. The van der Waals surface area contributed by atoms with Gasteiger partial charge in [0.2, 0.25) is 0 Å². The predicted molar refractivity (Wildman–Crippen MR) is 75.4 cm³/mol. The fraction of sp³-hybridized carbons (Fsp3) is 1.00. The van der Waals surface area contributed by atoms with Gasteiger partial charge in [0.05, 0.1) is 13.2 Å². The van der Waals surface area contributed by atoms with Crippen LogP contribution >= 0.6 is 0 Å². The van der Waals surface area contributed by atoms with Crippen molar-refractivity contribution in [2.75, 3.05) is 46.6 Å². The van der Waals surface area contributed by atoms with E-state index in [0.29, 0.717) is 5.41 Å². The number of hydrogen-bond donors (Lipinski definition) is 1. The summed E-state index contributed by atoms with van der Waals surface area (Å²) in [5.74, 6) is 0. The van der Waals surface area contributed by atoms with Crippen LogP contribution in [0.25, 0.3) is 0 Å². The van der Waals surface area contributed by atoms with Crippen LogP contribution in [0.15, 0.2) is 0 Å². The fourth-order valence-corrected chi connectivity index (χ4v) is 3.09. The maximum Gasteiger partial charge on any atom is 0.0589 e. The summed E-state index contributed by atoms with van der Waals surface area (Å²) in [4.78, 5) is 2.65. The quantitative estimate of drug-likeness (QED) is 0.682. The molecule has 3 aliphatic rings. The molecule has 0 spiro atoms. The minimum absolute atomic E-state index is 0.346. The van der Waals surface area contributed by atoms with Gasteiger partial charge in [-0.25, -0.2) is 0 Å². The van der Waals surface area contributed by atoms with Crippen LogP contribution in [0.1, 0.15) is 32.1 Å². The van der Waals surface area contributed by atoms with Gasteiger partial charge in [-0.05, 0) is 32.1 Å². The number of methoxy groups -OCH3 is 1. The first-order valence-electron chi connectivity index (χ1n) is 7.85. The zero-order valence-electron chi connectivity index (χ0n) is 12.2. The van der Waals surface area contributed by atoms with E-state index in [1.165, 1.54) is 38.6 Å². The van der Waals surface area contributed by atoms with E-state index in [9.17, 15) is 0 Å². The van der Waals surface area contributed by atoms with Crippen molar-refractivity contribution >= 4 is 0 Å². The van der Waals surface area contributed by atoms with Crippen LogP contribution in [-0.4, -0.2) is 63.5 Å². The first kappa shape index (κ1) is 13.8. The second-order valence-corrected chi connectivity index (χ2v) is 6.65. The van der Waals surface area contributed by atoms with Gasteiger partial charge in [-0.2, -0.15) is 0 Å². The second-order valence-electron chi connectivity index (χ2n) is 6.65. The summed E-state index contributed by atoms with van der Waals surface area (Å²) in [5, 5.41) is 3.72. The summed E-state index contributed by atoms with van der Waals surface area (Å²) >= 11 is 0. The van der Waals surface area contributed by atoms with E-state index in [4.69, 9.17) is 9.47 Å². The van der Waals surface area contributed by atoms with E-state index in [2.05, 4.69) is 10.2 Å². The van der Waals surface area contributed by atoms with E-state index in [1.807, 2.05) is 0 Å². The molecule has 0 radical (unpaired) electrons. The lowest BCUT2D eigenvalue weighted by atomic mass is 9.86. The molecule has 1 N–H and O–H groups in total. The van der Waals surface area contributed by atoms with Gasteiger partial charge in [-0.1, -0.05) is 0 Å². The normalized spacial score (nSPS) is 31.3. The van der Waals surface area contributed by atoms with E-state index in [1.54, 1.807) is 7.11 Å². The average molecular weight is 268 g/mol. The highest BCUT2D eigenvalue weighted by Crippen LogP contribution is 2.35. The summed E-state index contributed by atoms with van der Waals surface area (Å²) in [6, 6.07) is 1.61. The maximum atomic E-state index is 5.72. The number of ether oxygens (including phenoxy) is 2. The van der Waals surface area contributed by atoms with Crippen LogP contribution in [0.4, 0.5) is 0 Å². The molecule has 3 rings (SSSR count). The zero-order valence-corrected chi connectivity index (χ0v) is 12.2. The number of nitrogens with zero attached hydrogens (tertiary/aromatic N) is 1. The lowest BCUT2D eigenvalue weighted by molar-refractivity contribution is 0.0826. The van der Waals surface area contributed by atoms with Crippen molar-refractivity contribution in [1.82, 2.24) is 10.2 Å². The average Bonchev–Trinajstić information content (AvgIpc) is 3.33. The fourth-order valence-electron chi connectivity index (χ4n) is 3.09. The predicted octanol–water partition coefficient (Wildman–Crippen LogP) is 1.26. The maximum absolute atomic E-state index is 5.72. The Kier molecular flexibility index (Phi) is 4.42. The summed E-state index contributed by atoms with van der Waals surface area (Å²) < 4.78 is 11.0. The molecule has 0 bridgehead atoms. The third-order valence-corrected chi connectivity index (χ3v) is 4.71. The molecule has 0 aromatic rings.